The summed E-state index contributed by atoms with van der Waals surface area (Å²) in [7, 11) is 0. The van der Waals surface area contributed by atoms with Crippen LogP contribution in [0.25, 0.3) is 0 Å². The zero-order chi connectivity index (χ0) is 12.5. The van der Waals surface area contributed by atoms with Gasteiger partial charge in [-0.05, 0) is 24.2 Å². The fourth-order valence-corrected chi connectivity index (χ4v) is 1.31. The molecule has 0 aromatic heterocycles. The summed E-state index contributed by atoms with van der Waals surface area (Å²) in [5.74, 6) is -1.12. The molecule has 0 aliphatic carbocycles. The lowest BCUT2D eigenvalue weighted by atomic mass is 10.1. The second-order valence-corrected chi connectivity index (χ2v) is 3.61. The van der Waals surface area contributed by atoms with Crippen molar-refractivity contribution in [2.45, 2.75) is 6.42 Å². The minimum Gasteiger partial charge on any atom is -0.477 e. The third kappa shape index (κ3) is 6.26. The number of nitrogens with one attached hydrogen (secondary N) is 2. The van der Waals surface area contributed by atoms with Crippen molar-refractivity contribution < 1.29 is 9.90 Å². The van der Waals surface area contributed by atoms with Crippen LogP contribution < -0.4 is 10.7 Å². The monoisotopic (exact) mass is 251 g/mol. The SMILES string of the molecule is O=C(O)/C=N/NC(=S)NCCc1ccccc1. The van der Waals surface area contributed by atoms with Crippen LogP contribution in [0.2, 0.25) is 0 Å². The molecule has 0 spiro atoms. The van der Waals surface area contributed by atoms with Gasteiger partial charge in [-0.15, -0.1) is 0 Å². The van der Waals surface area contributed by atoms with Gasteiger partial charge in [-0.25, -0.2) is 4.79 Å². The van der Waals surface area contributed by atoms with Crippen LogP contribution >= 0.6 is 12.2 Å². The van der Waals surface area contributed by atoms with E-state index in [2.05, 4.69) is 15.8 Å². The molecule has 0 heterocycles. The Morgan fingerprint density at radius 1 is 1.41 bits per heavy atom. The molecule has 1 aromatic rings. The number of carboxylic acid groups (broad SMARTS) is 1. The Kier molecular flexibility index (Phi) is 5.67. The quantitative estimate of drug-likeness (QED) is 0.409. The third-order valence-electron chi connectivity index (χ3n) is 1.88. The maximum absolute atomic E-state index is 10.1. The molecule has 0 fully saturated rings. The van der Waals surface area contributed by atoms with Gasteiger partial charge in [0.2, 0.25) is 0 Å². The number of hydrazone groups is 1. The number of rotatable bonds is 5. The molecule has 3 N–H and O–H groups in total. The first-order valence-electron chi connectivity index (χ1n) is 5.02. The Morgan fingerprint density at radius 2 is 2.12 bits per heavy atom. The van der Waals surface area contributed by atoms with Gasteiger partial charge in [-0.1, -0.05) is 30.3 Å². The second-order valence-electron chi connectivity index (χ2n) is 3.20. The van der Waals surface area contributed by atoms with Crippen LogP contribution in [0.3, 0.4) is 0 Å². The summed E-state index contributed by atoms with van der Waals surface area (Å²) in [6.45, 7) is 0.665. The van der Waals surface area contributed by atoms with E-state index in [1.54, 1.807) is 0 Å². The maximum Gasteiger partial charge on any atom is 0.348 e. The van der Waals surface area contributed by atoms with E-state index in [1.807, 2.05) is 30.3 Å². The molecule has 0 amide bonds. The molecule has 0 aliphatic rings. The highest BCUT2D eigenvalue weighted by Crippen LogP contribution is 1.97. The van der Waals surface area contributed by atoms with Crippen LogP contribution in [0, 0.1) is 0 Å². The van der Waals surface area contributed by atoms with E-state index >= 15 is 0 Å². The standard InChI is InChI=1S/C11H13N3O2S/c15-10(16)8-13-14-11(17)12-7-6-9-4-2-1-3-5-9/h1-5,8H,6-7H2,(H,15,16)(H2,12,14,17)/b13-8+. The second kappa shape index (κ2) is 7.34. The van der Waals surface area contributed by atoms with Gasteiger partial charge in [0.1, 0.15) is 6.21 Å². The number of benzene rings is 1. The number of carbonyl (C=O) groups is 1. The van der Waals surface area contributed by atoms with Crippen molar-refractivity contribution in [2.75, 3.05) is 6.54 Å². The number of hydrogen-bond donors (Lipinski definition) is 3. The first-order valence-corrected chi connectivity index (χ1v) is 5.43. The molecule has 17 heavy (non-hydrogen) atoms. The predicted octanol–water partition coefficient (Wildman–Crippen LogP) is 0.764. The highest BCUT2D eigenvalue weighted by atomic mass is 32.1. The zero-order valence-electron chi connectivity index (χ0n) is 9.09. The summed E-state index contributed by atoms with van der Waals surface area (Å²) in [4.78, 5) is 10.1. The molecule has 0 unspecified atom stereocenters. The molecule has 6 heteroatoms. The molecular weight excluding hydrogens is 238 g/mol. The Morgan fingerprint density at radius 3 is 2.76 bits per heavy atom. The van der Waals surface area contributed by atoms with Gasteiger partial charge in [0.25, 0.3) is 0 Å². The van der Waals surface area contributed by atoms with Gasteiger partial charge in [0, 0.05) is 6.54 Å². The van der Waals surface area contributed by atoms with Crippen molar-refractivity contribution in [3.63, 3.8) is 0 Å². The van der Waals surface area contributed by atoms with Crippen molar-refractivity contribution in [1.29, 1.82) is 0 Å². The van der Waals surface area contributed by atoms with E-state index in [-0.39, 0.29) is 0 Å². The van der Waals surface area contributed by atoms with Crippen molar-refractivity contribution in [3.8, 4) is 0 Å². The topological polar surface area (TPSA) is 73.7 Å². The summed E-state index contributed by atoms with van der Waals surface area (Å²) in [6.07, 6.45) is 1.58. The average molecular weight is 251 g/mol. The summed E-state index contributed by atoms with van der Waals surface area (Å²) in [5.41, 5.74) is 3.61. The lowest BCUT2D eigenvalue weighted by Gasteiger charge is -2.06. The van der Waals surface area contributed by atoms with E-state index in [4.69, 9.17) is 17.3 Å². The fourth-order valence-electron chi connectivity index (χ4n) is 1.15. The van der Waals surface area contributed by atoms with Crippen LogP contribution in [-0.2, 0) is 11.2 Å². The van der Waals surface area contributed by atoms with E-state index in [0.29, 0.717) is 11.7 Å². The zero-order valence-corrected chi connectivity index (χ0v) is 9.91. The molecule has 1 rings (SSSR count). The first-order chi connectivity index (χ1) is 8.18. The number of aliphatic carboxylic acids is 1. The largest absolute Gasteiger partial charge is 0.477 e. The molecule has 0 bridgehead atoms. The van der Waals surface area contributed by atoms with Crippen LogP contribution in [0.4, 0.5) is 0 Å². The third-order valence-corrected chi connectivity index (χ3v) is 2.12. The van der Waals surface area contributed by atoms with E-state index < -0.39 is 5.97 Å². The van der Waals surface area contributed by atoms with Gasteiger partial charge < -0.3 is 10.4 Å². The van der Waals surface area contributed by atoms with Gasteiger partial charge in [-0.3, -0.25) is 5.43 Å². The molecule has 0 saturated heterocycles. The van der Waals surface area contributed by atoms with E-state index in [1.165, 1.54) is 5.56 Å². The average Bonchev–Trinajstić information content (AvgIpc) is 2.30. The minimum atomic E-state index is -1.12. The number of hydrogen-bond acceptors (Lipinski definition) is 3. The normalized spacial score (nSPS) is 10.1. The van der Waals surface area contributed by atoms with Crippen LogP contribution in [0.5, 0.6) is 0 Å². The molecule has 0 radical (unpaired) electrons. The summed E-state index contributed by atoms with van der Waals surface area (Å²) < 4.78 is 0. The predicted molar refractivity (Wildman–Crippen MR) is 70.0 cm³/mol. The van der Waals surface area contributed by atoms with Crippen molar-refractivity contribution in [2.24, 2.45) is 5.10 Å². The van der Waals surface area contributed by atoms with E-state index in [0.717, 1.165) is 12.6 Å². The minimum absolute atomic E-state index is 0.304. The van der Waals surface area contributed by atoms with Crippen LogP contribution in [0.1, 0.15) is 5.56 Å². The molecule has 1 aromatic carbocycles. The van der Waals surface area contributed by atoms with Crippen molar-refractivity contribution in [3.05, 3.63) is 35.9 Å². The Labute approximate surface area is 105 Å². The summed E-state index contributed by atoms with van der Waals surface area (Å²) in [5, 5.41) is 14.9. The van der Waals surface area contributed by atoms with Gasteiger partial charge >= 0.3 is 5.97 Å². The molecule has 0 saturated carbocycles. The van der Waals surface area contributed by atoms with Gasteiger partial charge in [0.15, 0.2) is 5.11 Å². The molecule has 0 aliphatic heterocycles. The summed E-state index contributed by atoms with van der Waals surface area (Å²) >= 11 is 4.89. The fraction of sp³-hybridized carbons (Fsp3) is 0.182. The number of carboxylic acids is 1. The van der Waals surface area contributed by atoms with Gasteiger partial charge in [-0.2, -0.15) is 5.10 Å². The highest BCUT2D eigenvalue weighted by molar-refractivity contribution is 7.80. The molecular formula is C11H13N3O2S. The molecule has 5 nitrogen and oxygen atoms in total. The summed E-state index contributed by atoms with van der Waals surface area (Å²) in [6, 6.07) is 9.97. The smallest absolute Gasteiger partial charge is 0.348 e. The molecule has 90 valence electrons. The Bertz CT molecular complexity index is 406. The molecule has 0 atom stereocenters. The maximum atomic E-state index is 10.1. The van der Waals surface area contributed by atoms with Crippen LogP contribution in [0.15, 0.2) is 35.4 Å². The van der Waals surface area contributed by atoms with Gasteiger partial charge in [0.05, 0.1) is 0 Å². The van der Waals surface area contributed by atoms with Crippen molar-refractivity contribution >= 4 is 29.5 Å². The van der Waals surface area contributed by atoms with Crippen LogP contribution in [-0.4, -0.2) is 28.9 Å². The lowest BCUT2D eigenvalue weighted by molar-refractivity contribution is -0.128. The van der Waals surface area contributed by atoms with Crippen molar-refractivity contribution in [1.82, 2.24) is 10.7 Å². The Hall–Kier alpha value is -1.95. The highest BCUT2D eigenvalue weighted by Gasteiger charge is 1.94. The lowest BCUT2D eigenvalue weighted by Crippen LogP contribution is -2.33. The Balaban J connectivity index is 2.18. The number of thiocarbonyl (C=S) groups is 1. The first kappa shape index (κ1) is 13.1. The number of nitrogens with zero attached hydrogens (tertiary/aromatic N) is 1. The van der Waals surface area contributed by atoms with E-state index in [9.17, 15) is 4.79 Å².